The van der Waals surface area contributed by atoms with Crippen molar-refractivity contribution < 1.29 is 36.2 Å². The molecule has 1 heterocycles. The topological polar surface area (TPSA) is 62.2 Å². The highest BCUT2D eigenvalue weighted by molar-refractivity contribution is 5.80. The molecule has 2 N–H and O–H groups in total. The Morgan fingerprint density at radius 3 is 2.38 bits per heavy atom. The Balaban J connectivity index is 2.61. The fourth-order valence-electron chi connectivity index (χ4n) is 1.36. The van der Waals surface area contributed by atoms with Crippen LogP contribution >= 0.6 is 0 Å². The van der Waals surface area contributed by atoms with Crippen molar-refractivity contribution in [3.63, 3.8) is 0 Å². The molecule has 0 bridgehead atoms. The fourth-order valence-corrected chi connectivity index (χ4v) is 1.36. The molecule has 1 amide bonds. The van der Waals surface area contributed by atoms with Gasteiger partial charge in [-0.25, -0.2) is 0 Å². The maximum Gasteiger partial charge on any atom is 0.417 e. The number of amides is 1. The molecule has 4 nitrogen and oxygen atoms in total. The quantitative estimate of drug-likeness (QED) is 0.836. The van der Waals surface area contributed by atoms with Crippen LogP contribution in [0, 0.1) is 0 Å². The monoisotopic (exact) mass is 316 g/mol. The minimum atomic E-state index is -4.73. The van der Waals surface area contributed by atoms with Crippen LogP contribution in [0.1, 0.15) is 17.5 Å². The van der Waals surface area contributed by atoms with E-state index in [2.05, 4.69) is 4.98 Å². The lowest BCUT2D eigenvalue weighted by molar-refractivity contribution is -0.163. The molecule has 0 aromatic carbocycles. The number of nitrogens with zero attached hydrogens (tertiary/aromatic N) is 1. The second-order valence-electron chi connectivity index (χ2n) is 4.13. The molecular formula is C11H10F6N2O2. The number of halogens is 6. The third kappa shape index (κ3) is 5.98. The van der Waals surface area contributed by atoms with Gasteiger partial charge in [0.05, 0.1) is 12.0 Å². The highest BCUT2D eigenvalue weighted by Crippen LogP contribution is 2.28. The number of carbonyl (C=O) groups excluding carboxylic acids is 1. The van der Waals surface area contributed by atoms with Gasteiger partial charge in [-0.1, -0.05) is 0 Å². The summed E-state index contributed by atoms with van der Waals surface area (Å²) >= 11 is 0. The van der Waals surface area contributed by atoms with Gasteiger partial charge in [0.2, 0.25) is 5.91 Å². The first-order valence-electron chi connectivity index (χ1n) is 5.52. The summed E-state index contributed by atoms with van der Waals surface area (Å²) in [6.07, 6.45) is -11.8. The Bertz CT molecular complexity index is 500. The second kappa shape index (κ2) is 6.29. The van der Waals surface area contributed by atoms with E-state index in [1.807, 2.05) is 5.32 Å². The van der Waals surface area contributed by atoms with Crippen LogP contribution in [0.25, 0.3) is 0 Å². The van der Waals surface area contributed by atoms with Crippen LogP contribution in [0.5, 0.6) is 0 Å². The van der Waals surface area contributed by atoms with E-state index < -0.39 is 42.9 Å². The van der Waals surface area contributed by atoms with Gasteiger partial charge < -0.3 is 10.4 Å². The number of alkyl halides is 6. The summed E-state index contributed by atoms with van der Waals surface area (Å²) in [4.78, 5) is 14.5. The number of pyridine rings is 1. The molecule has 0 aliphatic rings. The summed E-state index contributed by atoms with van der Waals surface area (Å²) in [7, 11) is 0. The zero-order chi connectivity index (χ0) is 16.3. The summed E-state index contributed by atoms with van der Waals surface area (Å²) in [6.45, 7) is -0.481. The Morgan fingerprint density at radius 1 is 1.24 bits per heavy atom. The van der Waals surface area contributed by atoms with Crippen LogP contribution in [-0.2, 0) is 17.5 Å². The first kappa shape index (κ1) is 17.2. The van der Waals surface area contributed by atoms with Gasteiger partial charge in [-0.05, 0) is 11.6 Å². The molecular weight excluding hydrogens is 306 g/mol. The van der Waals surface area contributed by atoms with E-state index in [1.54, 1.807) is 0 Å². The minimum Gasteiger partial charge on any atom is -0.383 e. The minimum absolute atomic E-state index is 0.0580. The predicted octanol–water partition coefficient (Wildman–Crippen LogP) is 2.03. The Labute approximate surface area is 114 Å². The lowest BCUT2D eigenvalue weighted by Gasteiger charge is -2.13. The van der Waals surface area contributed by atoms with Crippen LogP contribution in [0.2, 0.25) is 0 Å². The third-order valence-corrected chi connectivity index (χ3v) is 2.32. The van der Waals surface area contributed by atoms with Crippen LogP contribution in [0.4, 0.5) is 26.3 Å². The molecule has 0 saturated heterocycles. The molecule has 1 rings (SSSR count). The second-order valence-corrected chi connectivity index (χ2v) is 4.13. The number of aromatic nitrogens is 1. The fraction of sp³-hybridized carbons (Fsp3) is 0.455. The first-order valence-corrected chi connectivity index (χ1v) is 5.52. The van der Waals surface area contributed by atoms with Crippen LogP contribution in [0.3, 0.4) is 0 Å². The van der Waals surface area contributed by atoms with E-state index in [0.29, 0.717) is 12.3 Å². The molecule has 0 aliphatic carbocycles. The van der Waals surface area contributed by atoms with Gasteiger partial charge in [0.25, 0.3) is 0 Å². The molecule has 0 aliphatic heterocycles. The van der Waals surface area contributed by atoms with Gasteiger partial charge in [-0.3, -0.25) is 9.78 Å². The Hall–Kier alpha value is -1.84. The SMILES string of the molecule is O=C(NCc1cncc(C(F)(F)F)c1)C(O)CC(F)(F)F. The van der Waals surface area contributed by atoms with E-state index in [9.17, 15) is 31.1 Å². The molecule has 10 heteroatoms. The van der Waals surface area contributed by atoms with Crippen molar-refractivity contribution >= 4 is 5.91 Å². The maximum absolute atomic E-state index is 12.4. The molecule has 1 aromatic rings. The molecule has 0 saturated carbocycles. The number of hydrogen-bond donors (Lipinski definition) is 2. The molecule has 21 heavy (non-hydrogen) atoms. The summed E-state index contributed by atoms with van der Waals surface area (Å²) < 4.78 is 73.0. The van der Waals surface area contributed by atoms with E-state index in [1.165, 1.54) is 0 Å². The van der Waals surface area contributed by atoms with Crippen molar-refractivity contribution in [3.05, 3.63) is 29.6 Å². The number of aliphatic hydroxyl groups excluding tert-OH is 1. The summed E-state index contributed by atoms with van der Waals surface area (Å²) in [5, 5.41) is 10.9. The average Bonchev–Trinajstić information content (AvgIpc) is 2.33. The highest BCUT2D eigenvalue weighted by Gasteiger charge is 2.34. The summed E-state index contributed by atoms with van der Waals surface area (Å²) in [6, 6.07) is 0.698. The Morgan fingerprint density at radius 2 is 1.86 bits per heavy atom. The predicted molar refractivity (Wildman–Crippen MR) is 57.8 cm³/mol. The van der Waals surface area contributed by atoms with Gasteiger partial charge in [-0.2, -0.15) is 26.3 Å². The molecule has 118 valence electrons. The van der Waals surface area contributed by atoms with E-state index >= 15 is 0 Å². The summed E-state index contributed by atoms with van der Waals surface area (Å²) in [5.74, 6) is -1.33. The van der Waals surface area contributed by atoms with Crippen molar-refractivity contribution in [3.8, 4) is 0 Å². The largest absolute Gasteiger partial charge is 0.417 e. The van der Waals surface area contributed by atoms with Crippen molar-refractivity contribution in [2.75, 3.05) is 0 Å². The van der Waals surface area contributed by atoms with Crippen molar-refractivity contribution in [2.24, 2.45) is 0 Å². The van der Waals surface area contributed by atoms with Crippen LogP contribution in [-0.4, -0.2) is 28.3 Å². The molecule has 0 fully saturated rings. The summed E-state index contributed by atoms with van der Waals surface area (Å²) in [5.41, 5.74) is -1.11. The molecule has 1 atom stereocenters. The molecule has 1 unspecified atom stereocenters. The molecule has 0 spiro atoms. The molecule has 1 aromatic heterocycles. The van der Waals surface area contributed by atoms with E-state index in [0.717, 1.165) is 6.20 Å². The van der Waals surface area contributed by atoms with E-state index in [-0.39, 0.29) is 5.56 Å². The highest BCUT2D eigenvalue weighted by atomic mass is 19.4. The number of hydrogen-bond acceptors (Lipinski definition) is 3. The van der Waals surface area contributed by atoms with E-state index in [4.69, 9.17) is 5.11 Å². The van der Waals surface area contributed by atoms with Crippen molar-refractivity contribution in [1.82, 2.24) is 10.3 Å². The smallest absolute Gasteiger partial charge is 0.383 e. The van der Waals surface area contributed by atoms with Gasteiger partial charge in [0.1, 0.15) is 6.10 Å². The zero-order valence-corrected chi connectivity index (χ0v) is 10.3. The van der Waals surface area contributed by atoms with Gasteiger partial charge in [0.15, 0.2) is 0 Å². The van der Waals surface area contributed by atoms with Crippen molar-refractivity contribution in [2.45, 2.75) is 31.4 Å². The average molecular weight is 316 g/mol. The zero-order valence-electron chi connectivity index (χ0n) is 10.3. The van der Waals surface area contributed by atoms with Gasteiger partial charge >= 0.3 is 12.4 Å². The Kier molecular flexibility index (Phi) is 5.15. The number of rotatable bonds is 4. The maximum atomic E-state index is 12.4. The lowest BCUT2D eigenvalue weighted by Crippen LogP contribution is -2.37. The number of carbonyl (C=O) groups is 1. The standard InChI is InChI=1S/C11H10F6N2O2/c12-10(13,14)2-8(20)9(21)19-4-6-1-7(5-18-3-6)11(15,16)17/h1,3,5,8,20H,2,4H2,(H,19,21). The first-order chi connectivity index (χ1) is 9.49. The van der Waals surface area contributed by atoms with Crippen LogP contribution < -0.4 is 5.32 Å². The normalized spacial score (nSPS) is 13.9. The number of aliphatic hydroxyl groups is 1. The van der Waals surface area contributed by atoms with Crippen molar-refractivity contribution in [1.29, 1.82) is 0 Å². The number of nitrogens with one attached hydrogen (secondary N) is 1. The van der Waals surface area contributed by atoms with Crippen LogP contribution in [0.15, 0.2) is 18.5 Å². The lowest BCUT2D eigenvalue weighted by atomic mass is 10.2. The van der Waals surface area contributed by atoms with Gasteiger partial charge in [-0.15, -0.1) is 0 Å². The van der Waals surface area contributed by atoms with Gasteiger partial charge in [0, 0.05) is 18.9 Å². The third-order valence-electron chi connectivity index (χ3n) is 2.32. The molecule has 0 radical (unpaired) electrons.